The van der Waals surface area contributed by atoms with Crippen molar-refractivity contribution >= 4 is 0 Å². The van der Waals surface area contributed by atoms with E-state index in [-0.39, 0.29) is 41.2 Å². The van der Waals surface area contributed by atoms with Gasteiger partial charge >= 0.3 is 0 Å². The number of nitriles is 1. The van der Waals surface area contributed by atoms with Crippen molar-refractivity contribution in [1.82, 2.24) is 0 Å². The standard InChI is InChI=1S/C21H31NO4/c1-15(13-22)11-16-5-6-17-19(24-16)9-10-20(14-23-17)18(12-19)25-21(26-20)7-3-2-4-8-21/h15-18H,2-12,14H2,1H3/t15-,16-,17+,18-,19?,20-/m1/s1. The van der Waals surface area contributed by atoms with Crippen LogP contribution in [0.3, 0.4) is 0 Å². The van der Waals surface area contributed by atoms with Crippen molar-refractivity contribution in [1.29, 1.82) is 5.26 Å². The van der Waals surface area contributed by atoms with Crippen LogP contribution in [0.2, 0.25) is 0 Å². The third-order valence-corrected chi connectivity index (χ3v) is 7.56. The van der Waals surface area contributed by atoms with Crippen LogP contribution in [0.4, 0.5) is 0 Å². The Balaban J connectivity index is 1.37. The van der Waals surface area contributed by atoms with Gasteiger partial charge < -0.3 is 18.9 Å². The number of fused-ring (bicyclic) bond motifs is 2. The summed E-state index contributed by atoms with van der Waals surface area (Å²) in [5.41, 5.74) is -0.509. The third kappa shape index (κ3) is 2.64. The molecule has 0 aromatic rings. The highest BCUT2D eigenvalue weighted by atomic mass is 16.8. The molecule has 2 saturated carbocycles. The Morgan fingerprint density at radius 2 is 1.81 bits per heavy atom. The molecular formula is C21H31NO4. The van der Waals surface area contributed by atoms with Gasteiger partial charge in [-0.1, -0.05) is 6.42 Å². The van der Waals surface area contributed by atoms with E-state index in [0.717, 1.165) is 51.4 Å². The molecule has 2 aliphatic carbocycles. The van der Waals surface area contributed by atoms with E-state index < -0.39 is 0 Å². The summed E-state index contributed by atoms with van der Waals surface area (Å²) in [6.07, 6.45) is 11.8. The summed E-state index contributed by atoms with van der Waals surface area (Å²) in [6, 6.07) is 2.36. The van der Waals surface area contributed by atoms with Crippen molar-refractivity contribution in [3.05, 3.63) is 0 Å². The zero-order chi connectivity index (χ0) is 17.8. The monoisotopic (exact) mass is 361 g/mol. The maximum atomic E-state index is 9.17. The van der Waals surface area contributed by atoms with Crippen molar-refractivity contribution in [2.24, 2.45) is 5.92 Å². The van der Waals surface area contributed by atoms with E-state index in [1.54, 1.807) is 0 Å². The van der Waals surface area contributed by atoms with Gasteiger partial charge in [-0.05, 0) is 51.9 Å². The second-order valence-electron chi connectivity index (χ2n) is 9.40. The van der Waals surface area contributed by atoms with Crippen LogP contribution in [0.1, 0.15) is 77.6 Å². The van der Waals surface area contributed by atoms with Gasteiger partial charge in [0, 0.05) is 25.2 Å². The zero-order valence-electron chi connectivity index (χ0n) is 15.9. The van der Waals surface area contributed by atoms with E-state index >= 15 is 0 Å². The Labute approximate surface area is 156 Å². The van der Waals surface area contributed by atoms with Crippen molar-refractivity contribution < 1.29 is 18.9 Å². The molecule has 26 heavy (non-hydrogen) atoms. The van der Waals surface area contributed by atoms with Gasteiger partial charge in [-0.3, -0.25) is 0 Å². The Morgan fingerprint density at radius 1 is 1.00 bits per heavy atom. The quantitative estimate of drug-likeness (QED) is 0.747. The highest BCUT2D eigenvalue weighted by molar-refractivity contribution is 5.13. The highest BCUT2D eigenvalue weighted by Gasteiger charge is 2.66. The average molecular weight is 361 g/mol. The molecule has 6 rings (SSSR count). The molecular weight excluding hydrogens is 330 g/mol. The summed E-state index contributed by atoms with van der Waals surface area (Å²) in [5.74, 6) is -0.326. The molecule has 4 heterocycles. The Kier molecular flexibility index (Phi) is 4.14. The molecule has 0 aromatic heterocycles. The summed E-state index contributed by atoms with van der Waals surface area (Å²) in [4.78, 5) is 0. The van der Waals surface area contributed by atoms with E-state index in [0.29, 0.717) is 6.61 Å². The molecule has 6 aliphatic rings. The second kappa shape index (κ2) is 6.17. The summed E-state index contributed by atoms with van der Waals surface area (Å²) < 4.78 is 26.5. The van der Waals surface area contributed by atoms with Crippen molar-refractivity contribution in [3.63, 3.8) is 0 Å². The molecule has 4 aliphatic heterocycles. The SMILES string of the molecule is C[C@@H](C#N)C[C@H]1CC[C@@H]2OC[C@]34CCC2(C[C@H]3OC2(CCCCC2)O4)O1. The largest absolute Gasteiger partial charge is 0.372 e. The maximum absolute atomic E-state index is 9.17. The van der Waals surface area contributed by atoms with Gasteiger partial charge in [-0.15, -0.1) is 0 Å². The molecule has 2 bridgehead atoms. The van der Waals surface area contributed by atoms with Crippen LogP contribution in [0.25, 0.3) is 0 Å². The van der Waals surface area contributed by atoms with Crippen LogP contribution in [0.5, 0.6) is 0 Å². The fourth-order valence-electron chi connectivity index (χ4n) is 6.17. The van der Waals surface area contributed by atoms with Gasteiger partial charge in [-0.2, -0.15) is 5.26 Å². The first kappa shape index (κ1) is 17.4. The fourth-order valence-corrected chi connectivity index (χ4v) is 6.17. The fraction of sp³-hybridized carbons (Fsp3) is 0.952. The average Bonchev–Trinajstić information content (AvgIpc) is 2.77. The number of hydrogen-bond acceptors (Lipinski definition) is 5. The minimum atomic E-state index is -0.367. The molecule has 6 atom stereocenters. The van der Waals surface area contributed by atoms with E-state index in [9.17, 15) is 0 Å². The molecule has 3 spiro atoms. The molecule has 5 nitrogen and oxygen atoms in total. The molecule has 0 amide bonds. The lowest BCUT2D eigenvalue weighted by Gasteiger charge is -2.49. The molecule has 0 N–H and O–H groups in total. The van der Waals surface area contributed by atoms with Crippen LogP contribution in [-0.2, 0) is 18.9 Å². The first-order chi connectivity index (χ1) is 12.6. The lowest BCUT2D eigenvalue weighted by Crippen LogP contribution is -2.57. The molecule has 1 unspecified atom stereocenters. The maximum Gasteiger partial charge on any atom is 0.169 e. The van der Waals surface area contributed by atoms with Gasteiger partial charge in [0.1, 0.15) is 5.60 Å². The van der Waals surface area contributed by atoms with Gasteiger partial charge in [-0.25, -0.2) is 0 Å². The molecule has 0 radical (unpaired) electrons. The van der Waals surface area contributed by atoms with Crippen LogP contribution in [0, 0.1) is 17.2 Å². The first-order valence-electron chi connectivity index (χ1n) is 10.6. The molecule has 5 heteroatoms. The Morgan fingerprint density at radius 3 is 2.62 bits per heavy atom. The zero-order valence-corrected chi connectivity index (χ0v) is 15.9. The number of hydrogen-bond donors (Lipinski definition) is 0. The molecule has 6 fully saturated rings. The summed E-state index contributed by atoms with van der Waals surface area (Å²) in [5, 5.41) is 9.17. The highest BCUT2D eigenvalue weighted by Crippen LogP contribution is 2.57. The molecule has 0 aromatic carbocycles. The first-order valence-corrected chi connectivity index (χ1v) is 10.6. The van der Waals surface area contributed by atoms with Crippen molar-refractivity contribution in [2.45, 2.75) is 113 Å². The van der Waals surface area contributed by atoms with Gasteiger partial charge in [0.15, 0.2) is 5.79 Å². The summed E-state index contributed by atoms with van der Waals surface area (Å²) >= 11 is 0. The Hall–Kier alpha value is -0.670. The Bertz CT molecular complexity index is 597. The minimum absolute atomic E-state index is 0.0406. The van der Waals surface area contributed by atoms with Crippen LogP contribution in [0.15, 0.2) is 0 Å². The summed E-state index contributed by atoms with van der Waals surface area (Å²) in [6.45, 7) is 2.64. The van der Waals surface area contributed by atoms with E-state index in [1.807, 2.05) is 6.92 Å². The number of rotatable bonds is 2. The van der Waals surface area contributed by atoms with Crippen molar-refractivity contribution in [2.75, 3.05) is 6.61 Å². The van der Waals surface area contributed by atoms with E-state index in [2.05, 4.69) is 6.07 Å². The van der Waals surface area contributed by atoms with Crippen molar-refractivity contribution in [3.8, 4) is 6.07 Å². The normalized spacial score (nSPS) is 47.6. The van der Waals surface area contributed by atoms with Crippen LogP contribution >= 0.6 is 0 Å². The topological polar surface area (TPSA) is 60.7 Å². The number of ether oxygens (including phenoxy) is 4. The van der Waals surface area contributed by atoms with Gasteiger partial charge in [0.2, 0.25) is 0 Å². The predicted molar refractivity (Wildman–Crippen MR) is 94.3 cm³/mol. The van der Waals surface area contributed by atoms with Crippen LogP contribution < -0.4 is 0 Å². The lowest BCUT2D eigenvalue weighted by molar-refractivity contribution is -0.233. The van der Waals surface area contributed by atoms with Gasteiger partial charge in [0.25, 0.3) is 0 Å². The minimum Gasteiger partial charge on any atom is -0.372 e. The lowest BCUT2D eigenvalue weighted by atomic mass is 9.71. The molecule has 4 saturated heterocycles. The van der Waals surface area contributed by atoms with Gasteiger partial charge in [0.05, 0.1) is 36.6 Å². The number of nitrogens with zero attached hydrogens (tertiary/aromatic N) is 1. The molecule has 144 valence electrons. The van der Waals surface area contributed by atoms with E-state index in [1.165, 1.54) is 19.3 Å². The smallest absolute Gasteiger partial charge is 0.169 e. The van der Waals surface area contributed by atoms with Crippen LogP contribution in [-0.4, -0.2) is 41.9 Å². The third-order valence-electron chi connectivity index (χ3n) is 7.56. The second-order valence-corrected chi connectivity index (χ2v) is 9.40. The predicted octanol–water partition coefficient (Wildman–Crippen LogP) is 3.85. The summed E-state index contributed by atoms with van der Waals surface area (Å²) in [7, 11) is 0. The van der Waals surface area contributed by atoms with E-state index in [4.69, 9.17) is 24.2 Å².